The largest absolute Gasteiger partial charge is 0.272 e. The third kappa shape index (κ3) is 3.01. The van der Waals surface area contributed by atoms with Crippen molar-refractivity contribution in [2.45, 2.75) is 51.5 Å². The van der Waals surface area contributed by atoms with Crippen LogP contribution >= 0.6 is 0 Å². The first-order valence-electron chi connectivity index (χ1n) is 7.28. The Hall–Kier alpha value is -1.42. The second-order valence-corrected chi connectivity index (χ2v) is 12.4. The van der Waals surface area contributed by atoms with Crippen molar-refractivity contribution in [1.29, 1.82) is 0 Å². The predicted molar refractivity (Wildman–Crippen MR) is 83.8 cm³/mol. The second-order valence-electron chi connectivity index (χ2n) is 6.83. The molecule has 1 heterocycles. The molecule has 1 aromatic rings. The fourth-order valence-electron chi connectivity index (χ4n) is 2.67. The Morgan fingerprint density at radius 3 is 2.00 bits per heavy atom. The third-order valence-corrected chi connectivity index (χ3v) is 5.67. The lowest BCUT2D eigenvalue weighted by Crippen LogP contribution is -2.38. The average Bonchev–Trinajstić information content (AvgIpc) is 2.61. The number of hydrogen-bond acceptors (Lipinski definition) is 2. The van der Waals surface area contributed by atoms with E-state index in [-0.39, 0.29) is 17.9 Å². The van der Waals surface area contributed by atoms with Gasteiger partial charge in [0.25, 0.3) is 11.8 Å². The van der Waals surface area contributed by atoms with Crippen LogP contribution in [0.4, 0.5) is 0 Å². The van der Waals surface area contributed by atoms with E-state index in [4.69, 9.17) is 0 Å². The van der Waals surface area contributed by atoms with Gasteiger partial charge in [-0.05, 0) is 25.5 Å². The monoisotopic (exact) mass is 289 g/mol. The lowest BCUT2D eigenvalue weighted by atomic mass is 10.1. The van der Waals surface area contributed by atoms with Crippen molar-refractivity contribution in [2.75, 3.05) is 0 Å². The standard InChI is InChI=1S/C16H23NO2Si/c1-12(8-7-11-20(2,3)4)17-15(18)13-9-5-6-10-14(13)16(17)19/h5-6,9-10,12H,7-8,11H2,1-4H3. The van der Waals surface area contributed by atoms with E-state index in [2.05, 4.69) is 19.6 Å². The number of fused-ring (bicyclic) bond motifs is 1. The van der Waals surface area contributed by atoms with E-state index in [9.17, 15) is 9.59 Å². The summed E-state index contributed by atoms with van der Waals surface area (Å²) >= 11 is 0. The van der Waals surface area contributed by atoms with Gasteiger partial charge in [-0.15, -0.1) is 0 Å². The van der Waals surface area contributed by atoms with Crippen molar-refractivity contribution in [2.24, 2.45) is 0 Å². The maximum Gasteiger partial charge on any atom is 0.261 e. The van der Waals surface area contributed by atoms with Gasteiger partial charge < -0.3 is 0 Å². The van der Waals surface area contributed by atoms with E-state index < -0.39 is 8.07 Å². The Morgan fingerprint density at radius 1 is 1.05 bits per heavy atom. The smallest absolute Gasteiger partial charge is 0.261 e. The molecule has 0 N–H and O–H groups in total. The molecule has 4 heteroatoms. The quantitative estimate of drug-likeness (QED) is 0.611. The summed E-state index contributed by atoms with van der Waals surface area (Å²) in [5, 5.41) is 0. The molecule has 2 amide bonds. The zero-order chi connectivity index (χ0) is 14.9. The first kappa shape index (κ1) is 15.0. The highest BCUT2D eigenvalue weighted by Crippen LogP contribution is 2.26. The molecule has 0 bridgehead atoms. The maximum atomic E-state index is 12.3. The minimum Gasteiger partial charge on any atom is -0.272 e. The molecule has 1 aliphatic rings. The van der Waals surface area contributed by atoms with Gasteiger partial charge in [-0.3, -0.25) is 14.5 Å². The van der Waals surface area contributed by atoms with Gasteiger partial charge in [0.05, 0.1) is 11.1 Å². The van der Waals surface area contributed by atoms with Gasteiger partial charge in [-0.1, -0.05) is 44.2 Å². The molecule has 1 aliphatic heterocycles. The maximum absolute atomic E-state index is 12.3. The van der Waals surface area contributed by atoms with E-state index in [1.54, 1.807) is 12.1 Å². The van der Waals surface area contributed by atoms with Crippen molar-refractivity contribution < 1.29 is 9.59 Å². The number of nitrogens with zero attached hydrogens (tertiary/aromatic N) is 1. The SMILES string of the molecule is CC(CCC[Si](C)(C)C)N1C(=O)c2ccccc2C1=O. The first-order valence-corrected chi connectivity index (χ1v) is 11.0. The number of benzene rings is 1. The molecule has 0 spiro atoms. The summed E-state index contributed by atoms with van der Waals surface area (Å²) in [5.41, 5.74) is 1.10. The van der Waals surface area contributed by atoms with E-state index in [1.165, 1.54) is 10.9 Å². The summed E-state index contributed by atoms with van der Waals surface area (Å²) in [4.78, 5) is 26.1. The van der Waals surface area contributed by atoms with Crippen LogP contribution in [0, 0.1) is 0 Å². The van der Waals surface area contributed by atoms with E-state index in [0.29, 0.717) is 11.1 Å². The fraction of sp³-hybridized carbons (Fsp3) is 0.500. The Balaban J connectivity index is 2.04. The second kappa shape index (κ2) is 5.52. The topological polar surface area (TPSA) is 37.4 Å². The van der Waals surface area contributed by atoms with Gasteiger partial charge >= 0.3 is 0 Å². The summed E-state index contributed by atoms with van der Waals surface area (Å²) < 4.78 is 0. The van der Waals surface area contributed by atoms with Gasteiger partial charge in [-0.25, -0.2) is 0 Å². The van der Waals surface area contributed by atoms with Crippen LogP contribution in [0.15, 0.2) is 24.3 Å². The molecular weight excluding hydrogens is 266 g/mol. The lowest BCUT2D eigenvalue weighted by molar-refractivity contribution is 0.0589. The number of imide groups is 1. The molecule has 0 fully saturated rings. The van der Waals surface area contributed by atoms with Crippen molar-refractivity contribution >= 4 is 19.9 Å². The molecule has 0 saturated heterocycles. The molecular formula is C16H23NO2Si. The number of carbonyl (C=O) groups excluding carboxylic acids is 2. The number of amides is 2. The molecule has 20 heavy (non-hydrogen) atoms. The van der Waals surface area contributed by atoms with Crippen LogP contribution < -0.4 is 0 Å². The number of rotatable bonds is 5. The van der Waals surface area contributed by atoms with Gasteiger partial charge in [-0.2, -0.15) is 0 Å². The molecule has 0 radical (unpaired) electrons. The summed E-state index contributed by atoms with van der Waals surface area (Å²) in [7, 11) is -1.05. The van der Waals surface area contributed by atoms with Crippen LogP contribution in [0.3, 0.4) is 0 Å². The highest BCUT2D eigenvalue weighted by molar-refractivity contribution is 6.76. The molecule has 1 atom stereocenters. The third-order valence-electron chi connectivity index (χ3n) is 3.81. The zero-order valence-corrected chi connectivity index (χ0v) is 13.8. The highest BCUT2D eigenvalue weighted by atomic mass is 28.3. The van der Waals surface area contributed by atoms with Crippen molar-refractivity contribution in [3.8, 4) is 0 Å². The van der Waals surface area contributed by atoms with Gasteiger partial charge in [0.15, 0.2) is 0 Å². The Morgan fingerprint density at radius 2 is 1.55 bits per heavy atom. The van der Waals surface area contributed by atoms with Crippen LogP contribution in [-0.4, -0.2) is 30.8 Å². The van der Waals surface area contributed by atoms with Gasteiger partial charge in [0, 0.05) is 14.1 Å². The van der Waals surface area contributed by atoms with Crippen LogP contribution in [0.1, 0.15) is 40.5 Å². The zero-order valence-electron chi connectivity index (χ0n) is 12.8. The molecule has 2 rings (SSSR count). The first-order chi connectivity index (χ1) is 9.31. The number of hydrogen-bond donors (Lipinski definition) is 0. The molecule has 3 nitrogen and oxygen atoms in total. The van der Waals surface area contributed by atoms with Crippen LogP contribution in [-0.2, 0) is 0 Å². The van der Waals surface area contributed by atoms with E-state index >= 15 is 0 Å². The van der Waals surface area contributed by atoms with Crippen LogP contribution in [0.5, 0.6) is 0 Å². The summed E-state index contributed by atoms with van der Waals surface area (Å²) in [5.74, 6) is -0.266. The van der Waals surface area contributed by atoms with Crippen molar-refractivity contribution in [3.63, 3.8) is 0 Å². The highest BCUT2D eigenvalue weighted by Gasteiger charge is 2.37. The lowest BCUT2D eigenvalue weighted by Gasteiger charge is -2.24. The van der Waals surface area contributed by atoms with Crippen molar-refractivity contribution in [1.82, 2.24) is 4.90 Å². The number of carbonyl (C=O) groups is 2. The normalized spacial score (nSPS) is 16.5. The summed E-state index contributed by atoms with van der Waals surface area (Å²) in [6.45, 7) is 9.02. The average molecular weight is 289 g/mol. The molecule has 0 saturated carbocycles. The van der Waals surface area contributed by atoms with Crippen LogP contribution in [0.25, 0.3) is 0 Å². The fourth-order valence-corrected chi connectivity index (χ4v) is 3.93. The Kier molecular flexibility index (Phi) is 4.13. The molecule has 108 valence electrons. The van der Waals surface area contributed by atoms with Gasteiger partial charge in [0.1, 0.15) is 0 Å². The molecule has 0 aliphatic carbocycles. The summed E-state index contributed by atoms with van der Waals surface area (Å²) in [6, 6.07) is 8.32. The minimum atomic E-state index is -1.05. The van der Waals surface area contributed by atoms with Crippen LogP contribution in [0.2, 0.25) is 25.7 Å². The Bertz CT molecular complexity index is 499. The van der Waals surface area contributed by atoms with E-state index in [1.807, 2.05) is 19.1 Å². The van der Waals surface area contributed by atoms with Crippen molar-refractivity contribution in [3.05, 3.63) is 35.4 Å². The minimum absolute atomic E-state index is 0.0150. The predicted octanol–water partition coefficient (Wildman–Crippen LogP) is 3.79. The van der Waals surface area contributed by atoms with E-state index in [0.717, 1.165) is 12.8 Å². The molecule has 1 unspecified atom stereocenters. The molecule has 1 aromatic carbocycles. The Labute approximate surface area is 122 Å². The summed E-state index contributed by atoms with van der Waals surface area (Å²) in [6.07, 6.45) is 1.99. The molecule has 0 aromatic heterocycles. The van der Waals surface area contributed by atoms with Gasteiger partial charge in [0.2, 0.25) is 0 Å².